The van der Waals surface area contributed by atoms with Crippen LogP contribution in [0.5, 0.6) is 0 Å². The summed E-state index contributed by atoms with van der Waals surface area (Å²) in [4.78, 5) is 1.68. The molecule has 0 aliphatic carbocycles. The number of aryl methyl sites for hydroxylation is 2. The summed E-state index contributed by atoms with van der Waals surface area (Å²) in [5.41, 5.74) is 2.00. The molecule has 0 bridgehead atoms. The number of benzene rings is 2. The molecule has 0 saturated carbocycles. The van der Waals surface area contributed by atoms with Crippen LogP contribution in [0.2, 0.25) is 5.02 Å². The Hall–Kier alpha value is -1.12. The first-order valence-corrected chi connectivity index (χ1v) is 6.86. The lowest BCUT2D eigenvalue weighted by atomic mass is 10.2. The Morgan fingerprint density at radius 3 is 2.24 bits per heavy atom. The summed E-state index contributed by atoms with van der Waals surface area (Å²) < 4.78 is 12.5. The van der Waals surface area contributed by atoms with E-state index in [1.54, 1.807) is 6.07 Å². The van der Waals surface area contributed by atoms with E-state index in [-0.39, 0.29) is 0 Å². The zero-order valence-corrected chi connectivity index (χ0v) is 11.3. The molecule has 2 aromatic rings. The fraction of sp³-hybridized carbons (Fsp3) is 0.143. The molecule has 1 atom stereocenters. The third kappa shape index (κ3) is 2.59. The largest absolute Gasteiger partial charge is 0.249 e. The van der Waals surface area contributed by atoms with Crippen LogP contribution in [0.25, 0.3) is 0 Å². The van der Waals surface area contributed by atoms with Gasteiger partial charge in [-0.3, -0.25) is 0 Å². The van der Waals surface area contributed by atoms with Crippen molar-refractivity contribution >= 4 is 22.4 Å². The molecule has 0 heterocycles. The van der Waals surface area contributed by atoms with E-state index in [9.17, 15) is 4.21 Å². The van der Waals surface area contributed by atoms with Gasteiger partial charge in [-0.1, -0.05) is 29.8 Å². The maximum absolute atomic E-state index is 12.5. The maximum Gasteiger partial charge on any atom is 0.0855 e. The summed E-state index contributed by atoms with van der Waals surface area (Å²) in [7, 11) is -1.14. The van der Waals surface area contributed by atoms with Crippen LogP contribution in [0.1, 0.15) is 11.1 Å². The lowest BCUT2D eigenvalue weighted by Crippen LogP contribution is -1.97. The first-order valence-electron chi connectivity index (χ1n) is 5.33. The second kappa shape index (κ2) is 5.03. The van der Waals surface area contributed by atoms with Crippen molar-refractivity contribution in [3.63, 3.8) is 0 Å². The average molecular weight is 265 g/mol. The SMILES string of the molecule is Cc1ccccc1S(=O)c1ccc(Cl)cc1C. The van der Waals surface area contributed by atoms with E-state index in [4.69, 9.17) is 11.6 Å². The van der Waals surface area contributed by atoms with Gasteiger partial charge < -0.3 is 0 Å². The second-order valence-corrected chi connectivity index (χ2v) is 5.80. The molecular weight excluding hydrogens is 252 g/mol. The summed E-state index contributed by atoms with van der Waals surface area (Å²) in [6, 6.07) is 13.2. The number of rotatable bonds is 2. The molecule has 2 aromatic carbocycles. The molecule has 1 unspecified atom stereocenters. The van der Waals surface area contributed by atoms with Gasteiger partial charge in [-0.25, -0.2) is 4.21 Å². The first-order chi connectivity index (χ1) is 8.09. The summed E-state index contributed by atoms with van der Waals surface area (Å²) in [5, 5.41) is 0.674. The van der Waals surface area contributed by atoms with Gasteiger partial charge >= 0.3 is 0 Å². The smallest absolute Gasteiger partial charge is 0.0855 e. The fourth-order valence-corrected chi connectivity index (χ4v) is 3.27. The van der Waals surface area contributed by atoms with Crippen molar-refractivity contribution in [1.29, 1.82) is 0 Å². The van der Waals surface area contributed by atoms with E-state index in [1.807, 2.05) is 50.2 Å². The van der Waals surface area contributed by atoms with Crippen LogP contribution < -0.4 is 0 Å². The van der Waals surface area contributed by atoms with Gasteiger partial charge in [0.15, 0.2) is 0 Å². The Morgan fingerprint density at radius 1 is 0.941 bits per heavy atom. The molecule has 0 aliphatic heterocycles. The molecule has 0 radical (unpaired) electrons. The van der Waals surface area contributed by atoms with Crippen molar-refractivity contribution in [2.75, 3.05) is 0 Å². The first kappa shape index (κ1) is 12.3. The van der Waals surface area contributed by atoms with Gasteiger partial charge in [0.05, 0.1) is 10.8 Å². The molecule has 88 valence electrons. The summed E-state index contributed by atoms with van der Waals surface area (Å²) in [6.45, 7) is 3.90. The molecule has 0 N–H and O–H groups in total. The minimum atomic E-state index is -1.14. The van der Waals surface area contributed by atoms with E-state index in [2.05, 4.69) is 0 Å². The molecule has 17 heavy (non-hydrogen) atoms. The van der Waals surface area contributed by atoms with Crippen LogP contribution in [-0.2, 0) is 10.8 Å². The molecular formula is C14H13ClOS. The quantitative estimate of drug-likeness (QED) is 0.797. The zero-order valence-electron chi connectivity index (χ0n) is 9.74. The molecule has 0 fully saturated rings. The van der Waals surface area contributed by atoms with Gasteiger partial charge in [0.25, 0.3) is 0 Å². The van der Waals surface area contributed by atoms with E-state index in [0.29, 0.717) is 5.02 Å². The summed E-state index contributed by atoms with van der Waals surface area (Å²) in [6.07, 6.45) is 0. The maximum atomic E-state index is 12.5. The number of hydrogen-bond acceptors (Lipinski definition) is 1. The Morgan fingerprint density at radius 2 is 1.59 bits per heavy atom. The number of halogens is 1. The van der Waals surface area contributed by atoms with Crippen LogP contribution in [-0.4, -0.2) is 4.21 Å². The molecule has 0 amide bonds. The van der Waals surface area contributed by atoms with Crippen LogP contribution in [0.15, 0.2) is 52.3 Å². The van der Waals surface area contributed by atoms with Gasteiger partial charge in [-0.2, -0.15) is 0 Å². The van der Waals surface area contributed by atoms with Crippen molar-refractivity contribution < 1.29 is 4.21 Å². The highest BCUT2D eigenvalue weighted by Gasteiger charge is 2.11. The van der Waals surface area contributed by atoms with Crippen LogP contribution >= 0.6 is 11.6 Å². The Labute approximate surface area is 109 Å². The third-order valence-corrected chi connectivity index (χ3v) is 4.58. The molecule has 0 aliphatic rings. The molecule has 3 heteroatoms. The molecule has 0 saturated heterocycles. The van der Waals surface area contributed by atoms with Gasteiger partial charge in [0, 0.05) is 14.8 Å². The molecule has 0 spiro atoms. The van der Waals surface area contributed by atoms with E-state index in [0.717, 1.165) is 20.9 Å². The zero-order chi connectivity index (χ0) is 12.4. The number of hydrogen-bond donors (Lipinski definition) is 0. The summed E-state index contributed by atoms with van der Waals surface area (Å²) >= 11 is 5.90. The molecule has 1 nitrogen and oxygen atoms in total. The van der Waals surface area contributed by atoms with Crippen molar-refractivity contribution in [3.05, 3.63) is 58.6 Å². The minimum Gasteiger partial charge on any atom is -0.249 e. The lowest BCUT2D eigenvalue weighted by molar-refractivity contribution is 0.682. The van der Waals surface area contributed by atoms with Gasteiger partial charge in [0.1, 0.15) is 0 Å². The van der Waals surface area contributed by atoms with E-state index < -0.39 is 10.8 Å². The summed E-state index contributed by atoms with van der Waals surface area (Å²) in [5.74, 6) is 0. The van der Waals surface area contributed by atoms with Crippen molar-refractivity contribution in [2.45, 2.75) is 23.6 Å². The van der Waals surface area contributed by atoms with Crippen molar-refractivity contribution in [3.8, 4) is 0 Å². The third-order valence-electron chi connectivity index (χ3n) is 2.63. The van der Waals surface area contributed by atoms with E-state index >= 15 is 0 Å². The van der Waals surface area contributed by atoms with Crippen LogP contribution in [0, 0.1) is 13.8 Å². The van der Waals surface area contributed by atoms with Crippen molar-refractivity contribution in [2.24, 2.45) is 0 Å². The highest BCUT2D eigenvalue weighted by Crippen LogP contribution is 2.24. The minimum absolute atomic E-state index is 0.674. The van der Waals surface area contributed by atoms with Gasteiger partial charge in [-0.15, -0.1) is 0 Å². The van der Waals surface area contributed by atoms with Crippen LogP contribution in [0.4, 0.5) is 0 Å². The molecule has 0 aromatic heterocycles. The highest BCUT2D eigenvalue weighted by atomic mass is 35.5. The second-order valence-electron chi connectivity index (χ2n) is 3.94. The van der Waals surface area contributed by atoms with Crippen molar-refractivity contribution in [1.82, 2.24) is 0 Å². The monoisotopic (exact) mass is 264 g/mol. The fourth-order valence-electron chi connectivity index (χ4n) is 1.70. The molecule has 2 rings (SSSR count). The average Bonchev–Trinajstić information content (AvgIpc) is 2.29. The van der Waals surface area contributed by atoms with Gasteiger partial charge in [0.2, 0.25) is 0 Å². The predicted octanol–water partition coefficient (Wildman–Crippen LogP) is 4.12. The lowest BCUT2D eigenvalue weighted by Gasteiger charge is -2.08. The normalized spacial score (nSPS) is 12.4. The Balaban J connectivity index is 2.48. The van der Waals surface area contributed by atoms with E-state index in [1.165, 1.54) is 0 Å². The topological polar surface area (TPSA) is 17.1 Å². The standard InChI is InChI=1S/C14H13ClOS/c1-10-5-3-4-6-13(10)17(16)14-8-7-12(15)9-11(14)2/h3-9H,1-2H3. The predicted molar refractivity (Wildman–Crippen MR) is 72.0 cm³/mol. The van der Waals surface area contributed by atoms with Gasteiger partial charge in [-0.05, 0) is 49.2 Å². The Kier molecular flexibility index (Phi) is 3.65. The highest BCUT2D eigenvalue weighted by molar-refractivity contribution is 7.85. The van der Waals surface area contributed by atoms with Crippen LogP contribution in [0.3, 0.4) is 0 Å². The Bertz CT molecular complexity index is 578.